The van der Waals surface area contributed by atoms with Crippen LogP contribution in [0.1, 0.15) is 61.6 Å². The highest BCUT2D eigenvalue weighted by atomic mass is 16.8. The first kappa shape index (κ1) is 25.9. The second kappa shape index (κ2) is 8.75. The molecule has 2 saturated heterocycles. The van der Waals surface area contributed by atoms with Gasteiger partial charge in [0.2, 0.25) is 0 Å². The van der Waals surface area contributed by atoms with Crippen LogP contribution in [0.25, 0.3) is 11.2 Å². The highest BCUT2D eigenvalue weighted by Crippen LogP contribution is 2.43. The second-order valence-electron chi connectivity index (χ2n) is 11.0. The molecule has 2 aliphatic rings. The summed E-state index contributed by atoms with van der Waals surface area (Å²) < 4.78 is 30.2. The van der Waals surface area contributed by atoms with E-state index >= 15 is 0 Å². The van der Waals surface area contributed by atoms with E-state index in [2.05, 4.69) is 15.0 Å². The summed E-state index contributed by atoms with van der Waals surface area (Å²) in [5, 5.41) is 0. The van der Waals surface area contributed by atoms with Gasteiger partial charge in [0.05, 0.1) is 6.33 Å². The standard InChI is InChI=1S/C23H31N5O8/c1-21(2,3)35-19(30)28(20(31)36-22(4,5)6)17-13-16(24-10-25-17)27(11-26-13)18-15-14(12(9-29)32-18)33-23(7,8)34-15/h9-12,14-15,18H,1-8H3/t12-,14+,15+,18+/m0/s1. The zero-order valence-corrected chi connectivity index (χ0v) is 21.5. The van der Waals surface area contributed by atoms with E-state index in [0.29, 0.717) is 11.2 Å². The molecule has 0 spiro atoms. The minimum Gasteiger partial charge on any atom is -0.443 e. The maximum Gasteiger partial charge on any atom is 0.425 e. The van der Waals surface area contributed by atoms with Crippen LogP contribution in [0.2, 0.25) is 0 Å². The van der Waals surface area contributed by atoms with Crippen molar-refractivity contribution in [3.8, 4) is 0 Å². The number of aromatic nitrogens is 4. The molecule has 0 unspecified atom stereocenters. The molecule has 4 heterocycles. The van der Waals surface area contributed by atoms with Gasteiger partial charge in [-0.25, -0.2) is 24.5 Å². The van der Waals surface area contributed by atoms with Gasteiger partial charge in [0.25, 0.3) is 0 Å². The number of rotatable bonds is 3. The van der Waals surface area contributed by atoms with Gasteiger partial charge in [-0.1, -0.05) is 0 Å². The van der Waals surface area contributed by atoms with Crippen molar-refractivity contribution in [1.82, 2.24) is 19.5 Å². The molecule has 196 valence electrons. The monoisotopic (exact) mass is 505 g/mol. The number of aldehydes is 1. The molecule has 4 atom stereocenters. The Labute approximate surface area is 208 Å². The quantitative estimate of drug-likeness (QED) is 0.567. The van der Waals surface area contributed by atoms with E-state index in [1.165, 1.54) is 12.7 Å². The van der Waals surface area contributed by atoms with Crippen LogP contribution in [0.3, 0.4) is 0 Å². The van der Waals surface area contributed by atoms with Crippen molar-refractivity contribution in [2.75, 3.05) is 4.90 Å². The van der Waals surface area contributed by atoms with E-state index in [9.17, 15) is 14.4 Å². The maximum atomic E-state index is 13.1. The van der Waals surface area contributed by atoms with E-state index < -0.39 is 53.7 Å². The first-order chi connectivity index (χ1) is 16.6. The van der Waals surface area contributed by atoms with E-state index in [4.69, 9.17) is 23.7 Å². The SMILES string of the molecule is CC(C)(C)OC(=O)N(C(=O)OC(C)(C)C)c1ncnc2c1ncn2[C@@H]1O[C@@H](C=O)[C@H]2OC(C)(C)O[C@H]21. The normalized spacial score (nSPS) is 25.4. The number of amides is 2. The highest BCUT2D eigenvalue weighted by molar-refractivity contribution is 6.12. The van der Waals surface area contributed by atoms with Crippen molar-refractivity contribution in [3.05, 3.63) is 12.7 Å². The van der Waals surface area contributed by atoms with Crippen molar-refractivity contribution < 1.29 is 38.1 Å². The summed E-state index contributed by atoms with van der Waals surface area (Å²) in [5.74, 6) is -1.05. The molecule has 2 aromatic heterocycles. The van der Waals surface area contributed by atoms with Crippen LogP contribution in [-0.4, -0.2) is 73.3 Å². The van der Waals surface area contributed by atoms with Crippen molar-refractivity contribution in [2.45, 2.75) is 96.9 Å². The van der Waals surface area contributed by atoms with Crippen molar-refractivity contribution in [2.24, 2.45) is 0 Å². The van der Waals surface area contributed by atoms with Crippen molar-refractivity contribution in [1.29, 1.82) is 0 Å². The Kier molecular flexibility index (Phi) is 6.30. The van der Waals surface area contributed by atoms with E-state index in [-0.39, 0.29) is 17.0 Å². The van der Waals surface area contributed by atoms with Gasteiger partial charge < -0.3 is 28.5 Å². The van der Waals surface area contributed by atoms with Gasteiger partial charge in [-0.05, 0) is 55.4 Å². The number of carbonyl (C=O) groups is 3. The summed E-state index contributed by atoms with van der Waals surface area (Å²) in [6.07, 6.45) is -1.64. The summed E-state index contributed by atoms with van der Waals surface area (Å²) in [6.45, 7) is 13.5. The van der Waals surface area contributed by atoms with Crippen molar-refractivity contribution >= 4 is 35.5 Å². The molecule has 0 saturated carbocycles. The predicted octanol–water partition coefficient (Wildman–Crippen LogP) is 3.12. The molecule has 0 aromatic carbocycles. The lowest BCUT2D eigenvalue weighted by atomic mass is 10.1. The zero-order valence-electron chi connectivity index (χ0n) is 21.5. The molecule has 2 aliphatic heterocycles. The Morgan fingerprint density at radius 2 is 1.58 bits per heavy atom. The summed E-state index contributed by atoms with van der Waals surface area (Å²) in [6, 6.07) is 0. The van der Waals surface area contributed by atoms with Gasteiger partial charge >= 0.3 is 12.2 Å². The van der Waals surface area contributed by atoms with Crippen LogP contribution in [0.5, 0.6) is 0 Å². The molecule has 0 aliphatic carbocycles. The largest absolute Gasteiger partial charge is 0.443 e. The lowest BCUT2D eigenvalue weighted by Gasteiger charge is -2.28. The number of hydrogen-bond acceptors (Lipinski definition) is 11. The summed E-state index contributed by atoms with van der Waals surface area (Å²) in [5.41, 5.74) is -1.44. The average Bonchev–Trinajstić information content (AvgIpc) is 3.36. The van der Waals surface area contributed by atoms with Crippen LogP contribution in [-0.2, 0) is 28.5 Å². The fraction of sp³-hybridized carbons (Fsp3) is 0.652. The zero-order chi connectivity index (χ0) is 26.6. The third-order valence-corrected chi connectivity index (χ3v) is 5.18. The molecule has 2 amide bonds. The fourth-order valence-electron chi connectivity index (χ4n) is 3.99. The highest BCUT2D eigenvalue weighted by Gasteiger charge is 2.56. The molecule has 0 radical (unpaired) electrons. The van der Waals surface area contributed by atoms with Gasteiger partial charge in [-0.3, -0.25) is 4.57 Å². The smallest absolute Gasteiger partial charge is 0.425 e. The molecule has 36 heavy (non-hydrogen) atoms. The van der Waals surface area contributed by atoms with Crippen LogP contribution < -0.4 is 4.90 Å². The van der Waals surface area contributed by atoms with Crippen molar-refractivity contribution in [3.63, 3.8) is 0 Å². The Balaban J connectivity index is 1.77. The average molecular weight is 506 g/mol. The number of hydrogen-bond donors (Lipinski definition) is 0. The molecule has 0 bridgehead atoms. The third-order valence-electron chi connectivity index (χ3n) is 5.18. The first-order valence-electron chi connectivity index (χ1n) is 11.5. The summed E-state index contributed by atoms with van der Waals surface area (Å²) >= 11 is 0. The third kappa shape index (κ3) is 5.04. The van der Waals surface area contributed by atoms with E-state index in [1.807, 2.05) is 0 Å². The Morgan fingerprint density at radius 3 is 2.14 bits per heavy atom. The minimum atomic E-state index is -0.987. The maximum absolute atomic E-state index is 13.1. The van der Waals surface area contributed by atoms with Crippen LogP contribution >= 0.6 is 0 Å². The molecule has 2 aromatic rings. The van der Waals surface area contributed by atoms with Gasteiger partial charge in [-0.15, -0.1) is 0 Å². The number of anilines is 1. The first-order valence-corrected chi connectivity index (χ1v) is 11.5. The predicted molar refractivity (Wildman–Crippen MR) is 124 cm³/mol. The molecule has 4 rings (SSSR count). The summed E-state index contributed by atoms with van der Waals surface area (Å²) in [4.78, 5) is 51.3. The van der Waals surface area contributed by atoms with Gasteiger partial charge in [0.15, 0.2) is 35.3 Å². The number of nitrogens with zero attached hydrogens (tertiary/aromatic N) is 5. The Morgan fingerprint density at radius 1 is 1.00 bits per heavy atom. The topological polar surface area (TPSA) is 144 Å². The van der Waals surface area contributed by atoms with Crippen LogP contribution in [0.4, 0.5) is 15.4 Å². The Bertz CT molecular complexity index is 1150. The number of ether oxygens (including phenoxy) is 5. The van der Waals surface area contributed by atoms with E-state index in [0.717, 1.165) is 0 Å². The van der Waals surface area contributed by atoms with Gasteiger partial charge in [-0.2, -0.15) is 4.90 Å². The molecule has 0 N–H and O–H groups in total. The van der Waals surface area contributed by atoms with Crippen LogP contribution in [0.15, 0.2) is 12.7 Å². The molecular formula is C23H31N5O8. The number of carbonyl (C=O) groups excluding carboxylic acids is 3. The van der Waals surface area contributed by atoms with E-state index in [1.54, 1.807) is 60.0 Å². The van der Waals surface area contributed by atoms with Gasteiger partial charge in [0, 0.05) is 0 Å². The molecular weight excluding hydrogens is 474 g/mol. The van der Waals surface area contributed by atoms with Crippen LogP contribution in [0, 0.1) is 0 Å². The molecule has 13 nitrogen and oxygen atoms in total. The number of imidazole rings is 1. The van der Waals surface area contributed by atoms with Gasteiger partial charge in [0.1, 0.15) is 35.8 Å². The molecule has 13 heteroatoms. The lowest BCUT2D eigenvalue weighted by molar-refractivity contribution is -0.194. The second-order valence-corrected chi connectivity index (χ2v) is 11.0. The summed E-state index contributed by atoms with van der Waals surface area (Å²) in [7, 11) is 0. The fourth-order valence-corrected chi connectivity index (χ4v) is 3.99. The number of imide groups is 1. The number of fused-ring (bicyclic) bond motifs is 2. The lowest BCUT2D eigenvalue weighted by Crippen LogP contribution is -2.44. The Hall–Kier alpha value is -3.16. The molecule has 2 fully saturated rings. The minimum absolute atomic E-state index is 0.113.